The van der Waals surface area contributed by atoms with E-state index in [1.165, 1.54) is 0 Å². The summed E-state index contributed by atoms with van der Waals surface area (Å²) >= 11 is 0. The number of rotatable bonds is 0. The number of hydrogen-bond donors (Lipinski definition) is 0. The second-order valence-corrected chi connectivity index (χ2v) is 6.32. The summed E-state index contributed by atoms with van der Waals surface area (Å²) in [5.41, 5.74) is 0.529. The minimum absolute atomic E-state index is 0.250. The highest BCUT2D eigenvalue weighted by molar-refractivity contribution is 6.07. The largest absolute Gasteiger partial charge is 0.486 e. The minimum Gasteiger partial charge on any atom is -0.222 e. The molecule has 3 rings (SSSR count). The van der Waals surface area contributed by atoms with E-state index in [2.05, 4.69) is 9.95 Å². The van der Waals surface area contributed by atoms with E-state index in [4.69, 9.17) is 48.1 Å². The molecule has 0 radical (unpaired) electrons. The van der Waals surface area contributed by atoms with Gasteiger partial charge in [0, 0.05) is 6.07 Å². The summed E-state index contributed by atoms with van der Waals surface area (Å²) in [4.78, 5) is 6.34. The Bertz CT molecular complexity index is 1030. The molecule has 3 aromatic rings. The number of diazo groups is 2. The number of nitrogens with zero attached hydrogens (tertiary/aromatic N) is 4. The molecule has 0 saturated heterocycles. The lowest BCUT2D eigenvalue weighted by Crippen LogP contribution is -2.68. The summed E-state index contributed by atoms with van der Waals surface area (Å²) in [5, 5.41) is 21.8. The molecule has 0 fully saturated rings. The molecular formula is C14H8Cl2N4O8. The van der Waals surface area contributed by atoms with Crippen molar-refractivity contribution >= 4 is 32.9 Å². The lowest BCUT2D eigenvalue weighted by atomic mass is 10.0. The zero-order valence-electron chi connectivity index (χ0n) is 13.4. The monoisotopic (exact) mass is 430 g/mol. The van der Waals surface area contributed by atoms with Crippen molar-refractivity contribution in [1.29, 1.82) is 10.8 Å². The van der Waals surface area contributed by atoms with Crippen LogP contribution in [-0.2, 0) is 0 Å². The first-order valence-electron chi connectivity index (χ1n) is 6.72. The van der Waals surface area contributed by atoms with Crippen LogP contribution in [0.15, 0.2) is 48.5 Å². The van der Waals surface area contributed by atoms with Gasteiger partial charge < -0.3 is 0 Å². The molecule has 0 unspecified atom stereocenters. The van der Waals surface area contributed by atoms with Gasteiger partial charge in [-0.2, -0.15) is 0 Å². The lowest BCUT2D eigenvalue weighted by Gasteiger charge is -2.17. The Kier molecular flexibility index (Phi) is 7.89. The molecule has 0 aliphatic heterocycles. The van der Waals surface area contributed by atoms with Crippen molar-refractivity contribution in [2.24, 2.45) is 0 Å². The van der Waals surface area contributed by atoms with Crippen LogP contribution in [0.1, 0.15) is 0 Å². The average Bonchev–Trinajstić information content (AvgIpc) is 2.56. The Balaban J connectivity index is 0.000000329. The molecule has 3 aromatic carbocycles. The number of halogens is 2. The molecule has 0 atom stereocenters. The van der Waals surface area contributed by atoms with Crippen LogP contribution in [0.5, 0.6) is 0 Å². The number of benzene rings is 3. The lowest BCUT2D eigenvalue weighted by molar-refractivity contribution is -2.00. The summed E-state index contributed by atoms with van der Waals surface area (Å²) in [6.45, 7) is 0. The maximum Gasteiger partial charge on any atom is 0.486 e. The Labute approximate surface area is 160 Å². The summed E-state index contributed by atoms with van der Waals surface area (Å²) in [6, 6.07) is 15.3. The zero-order chi connectivity index (χ0) is 21.5. The minimum atomic E-state index is -4.94. The molecule has 0 aliphatic carbocycles. The Morgan fingerprint density at radius 1 is 0.607 bits per heavy atom. The first-order chi connectivity index (χ1) is 12.8. The zero-order valence-corrected chi connectivity index (χ0v) is 14.9. The highest BCUT2D eigenvalue weighted by atomic mass is 35.7. The van der Waals surface area contributed by atoms with Crippen LogP contribution in [0.3, 0.4) is 0 Å². The van der Waals surface area contributed by atoms with Crippen LogP contribution in [-0.4, -0.2) is 0 Å². The molecule has 146 valence electrons. The van der Waals surface area contributed by atoms with Crippen molar-refractivity contribution in [3.8, 4) is 0 Å². The van der Waals surface area contributed by atoms with Gasteiger partial charge >= 0.3 is 11.4 Å². The SMILES string of the molecule is N#[N+]c1ccc2cc3ccccc3cc2c1[N+]#N.[O-][Cl+3]([O-])([O-])[O-].[O-][Cl+3]([O-])([O-])[O-]. The van der Waals surface area contributed by atoms with Crippen LogP contribution < -0.4 is 37.3 Å². The third kappa shape index (κ3) is 8.31. The molecule has 0 aliphatic rings. The van der Waals surface area contributed by atoms with Gasteiger partial charge in [0.2, 0.25) is 10.8 Å². The fraction of sp³-hybridized carbons (Fsp3) is 0. The second-order valence-electron chi connectivity index (χ2n) is 4.81. The van der Waals surface area contributed by atoms with E-state index in [9.17, 15) is 0 Å². The maximum atomic E-state index is 9.07. The smallest absolute Gasteiger partial charge is 0.222 e. The molecule has 0 spiro atoms. The highest BCUT2D eigenvalue weighted by Gasteiger charge is 2.28. The van der Waals surface area contributed by atoms with Crippen LogP contribution in [0.4, 0.5) is 11.4 Å². The van der Waals surface area contributed by atoms with E-state index in [0.29, 0.717) is 0 Å². The number of hydrogen-bond acceptors (Lipinski definition) is 10. The van der Waals surface area contributed by atoms with E-state index >= 15 is 0 Å². The van der Waals surface area contributed by atoms with Gasteiger partial charge in [-0.15, -0.1) is 20.5 Å². The van der Waals surface area contributed by atoms with Crippen molar-refractivity contribution in [2.45, 2.75) is 0 Å². The van der Waals surface area contributed by atoms with E-state index in [-0.39, 0.29) is 11.4 Å². The van der Waals surface area contributed by atoms with Crippen molar-refractivity contribution in [1.82, 2.24) is 0 Å². The first kappa shape index (κ1) is 23.3. The Morgan fingerprint density at radius 2 is 1.07 bits per heavy atom. The third-order valence-electron chi connectivity index (χ3n) is 3.04. The van der Waals surface area contributed by atoms with Gasteiger partial charge in [-0.05, 0) is 34.4 Å². The van der Waals surface area contributed by atoms with Gasteiger partial charge in [-0.3, -0.25) is 0 Å². The molecule has 14 heteroatoms. The summed E-state index contributed by atoms with van der Waals surface area (Å²) < 4.78 is 67.9. The van der Waals surface area contributed by atoms with Gasteiger partial charge in [-0.25, -0.2) is 37.3 Å². The summed E-state index contributed by atoms with van der Waals surface area (Å²) in [7, 11) is -9.89. The molecule has 0 aromatic heterocycles. The van der Waals surface area contributed by atoms with Crippen LogP contribution in [0, 0.1) is 31.3 Å². The topological polar surface area (TPSA) is 241 Å². The highest BCUT2D eigenvalue weighted by Crippen LogP contribution is 2.37. The normalized spacial score (nSPS) is 10.8. The molecule has 0 amide bonds. The molecule has 0 saturated carbocycles. The fourth-order valence-electron chi connectivity index (χ4n) is 2.17. The van der Waals surface area contributed by atoms with Gasteiger partial charge in [0.1, 0.15) is 0 Å². The molecule has 0 bridgehead atoms. The standard InChI is InChI=1S/C14H8N4.2ClHO4/c15-17-13-6-5-11-7-9-3-1-2-4-10(9)8-12(11)14(13)18-16;2*2-1(3,4)5/h1-8H;2*(H,2,3,4,5)/q+2;;/p-2. The van der Waals surface area contributed by atoms with Crippen LogP contribution in [0.25, 0.3) is 31.5 Å². The fourth-order valence-corrected chi connectivity index (χ4v) is 2.17. The van der Waals surface area contributed by atoms with Crippen molar-refractivity contribution in [3.63, 3.8) is 0 Å². The molecule has 0 N–H and O–H groups in total. The van der Waals surface area contributed by atoms with Gasteiger partial charge in [-0.1, -0.05) is 24.3 Å². The predicted molar refractivity (Wildman–Crippen MR) is 70.9 cm³/mol. The Morgan fingerprint density at radius 3 is 1.50 bits per heavy atom. The van der Waals surface area contributed by atoms with Crippen molar-refractivity contribution < 1.29 is 57.8 Å². The first-order valence-corrected chi connectivity index (χ1v) is 9.19. The third-order valence-corrected chi connectivity index (χ3v) is 3.04. The van der Waals surface area contributed by atoms with Crippen molar-refractivity contribution in [2.75, 3.05) is 0 Å². The van der Waals surface area contributed by atoms with E-state index in [0.717, 1.165) is 21.5 Å². The summed E-state index contributed by atoms with van der Waals surface area (Å²) in [5.74, 6) is 0. The molecule has 0 heterocycles. The Hall–Kier alpha value is -2.72. The van der Waals surface area contributed by atoms with E-state index < -0.39 is 20.5 Å². The van der Waals surface area contributed by atoms with Gasteiger partial charge in [0.25, 0.3) is 0 Å². The quantitative estimate of drug-likeness (QED) is 0.244. The van der Waals surface area contributed by atoms with E-state index in [1.54, 1.807) is 6.07 Å². The van der Waals surface area contributed by atoms with Crippen LogP contribution >= 0.6 is 0 Å². The second kappa shape index (κ2) is 9.47. The van der Waals surface area contributed by atoms with Gasteiger partial charge in [0.05, 0.1) is 5.39 Å². The average molecular weight is 431 g/mol. The molecular weight excluding hydrogens is 423 g/mol. The molecule has 12 nitrogen and oxygen atoms in total. The van der Waals surface area contributed by atoms with E-state index in [1.807, 2.05) is 42.5 Å². The molecule has 28 heavy (non-hydrogen) atoms. The predicted octanol–water partition coefficient (Wildman–Crippen LogP) is -4.55. The summed E-state index contributed by atoms with van der Waals surface area (Å²) in [6.07, 6.45) is 0. The van der Waals surface area contributed by atoms with Crippen LogP contribution in [0.2, 0.25) is 0 Å². The van der Waals surface area contributed by atoms with Crippen molar-refractivity contribution in [3.05, 3.63) is 58.5 Å². The maximum absolute atomic E-state index is 9.07. The van der Waals surface area contributed by atoms with Gasteiger partial charge in [0.15, 0.2) is 9.95 Å². The number of fused-ring (bicyclic) bond motifs is 2.